The number of rotatable bonds is 61. The molecule has 0 aliphatic rings. The molecule has 0 bridgehead atoms. The second-order valence-electron chi connectivity index (χ2n) is 22.4. The zero-order valence-corrected chi connectivity index (χ0v) is 50.8. The van der Waals surface area contributed by atoms with Crippen molar-refractivity contribution in [2.45, 2.75) is 354 Å². The van der Waals surface area contributed by atoms with Crippen LogP contribution in [0, 0.1) is 0 Å². The Hall–Kier alpha value is -2.89. The average Bonchev–Trinajstić information content (AvgIpc) is 3.42. The Labute approximate surface area is 472 Å². The van der Waals surface area contributed by atoms with Crippen molar-refractivity contribution in [1.82, 2.24) is 0 Å². The van der Waals surface area contributed by atoms with Crippen LogP contribution in [0.25, 0.3) is 0 Å². The summed E-state index contributed by atoms with van der Waals surface area (Å²) < 4.78 is 16.9. The standard InChI is InChI=1S/C70H126O6/c1-4-7-10-13-16-19-22-25-28-29-30-31-32-33-34-35-36-37-38-39-40-41-43-45-48-51-54-57-60-63-69(72)75-66-67(65-74-68(71)62-59-56-53-50-47-44-27-24-21-18-15-12-9-6-3)76-70(73)64-61-58-55-52-49-46-42-26-23-20-17-14-11-8-5-2/h17,20,22,25-26,29-30,32-33,42,67H,4-16,18-19,21,23-24,27-28,31,34-41,43-66H2,1-3H3/b20-17-,25-22-,30-29-,33-32-,42-26-. The molecule has 0 heterocycles. The highest BCUT2D eigenvalue weighted by Gasteiger charge is 2.19. The lowest BCUT2D eigenvalue weighted by atomic mass is 10.0. The maximum Gasteiger partial charge on any atom is 0.306 e. The number of carbonyl (C=O) groups excluding carboxylic acids is 3. The van der Waals surface area contributed by atoms with Crippen molar-refractivity contribution in [2.24, 2.45) is 0 Å². The maximum atomic E-state index is 12.9. The van der Waals surface area contributed by atoms with Gasteiger partial charge in [-0.3, -0.25) is 14.4 Å². The third-order valence-electron chi connectivity index (χ3n) is 14.7. The van der Waals surface area contributed by atoms with Gasteiger partial charge in [-0.15, -0.1) is 0 Å². The summed E-state index contributed by atoms with van der Waals surface area (Å²) >= 11 is 0. The van der Waals surface area contributed by atoms with Gasteiger partial charge in [-0.1, -0.05) is 300 Å². The van der Waals surface area contributed by atoms with Crippen molar-refractivity contribution < 1.29 is 28.6 Å². The third kappa shape index (κ3) is 62.0. The molecule has 1 unspecified atom stereocenters. The molecule has 0 rings (SSSR count). The molecule has 0 spiro atoms. The summed E-state index contributed by atoms with van der Waals surface area (Å²) in [6.45, 7) is 6.64. The molecule has 0 amide bonds. The highest BCUT2D eigenvalue weighted by atomic mass is 16.6. The minimum absolute atomic E-state index is 0.0759. The van der Waals surface area contributed by atoms with E-state index in [1.165, 1.54) is 212 Å². The van der Waals surface area contributed by atoms with Crippen LogP contribution in [-0.4, -0.2) is 37.2 Å². The van der Waals surface area contributed by atoms with Crippen LogP contribution in [-0.2, 0) is 28.6 Å². The number of hydrogen-bond donors (Lipinski definition) is 0. The highest BCUT2D eigenvalue weighted by Crippen LogP contribution is 2.17. The van der Waals surface area contributed by atoms with E-state index in [-0.39, 0.29) is 31.1 Å². The van der Waals surface area contributed by atoms with Crippen LogP contribution < -0.4 is 0 Å². The monoisotopic (exact) mass is 1060 g/mol. The van der Waals surface area contributed by atoms with E-state index < -0.39 is 6.10 Å². The lowest BCUT2D eigenvalue weighted by Gasteiger charge is -2.18. The van der Waals surface area contributed by atoms with Gasteiger partial charge in [0.25, 0.3) is 0 Å². The second-order valence-corrected chi connectivity index (χ2v) is 22.4. The minimum atomic E-state index is -0.780. The number of ether oxygens (including phenoxy) is 3. The average molecular weight is 1060 g/mol. The largest absolute Gasteiger partial charge is 0.462 e. The van der Waals surface area contributed by atoms with Gasteiger partial charge in [-0.25, -0.2) is 0 Å². The SMILES string of the molecule is CCCCC/C=C\C/C=C\CCCCCCCC(=O)OC(COC(=O)CCCCCCCCCCCCCCCC)COC(=O)CCCCCCCCCCCCCCCC/C=C\C/C=C\C/C=C\CCCCCCC. The predicted octanol–water partition coefficient (Wildman–Crippen LogP) is 22.7. The van der Waals surface area contributed by atoms with Crippen LogP contribution in [0.1, 0.15) is 348 Å². The second kappa shape index (κ2) is 64.6. The topological polar surface area (TPSA) is 78.9 Å². The van der Waals surface area contributed by atoms with Crippen molar-refractivity contribution >= 4 is 17.9 Å². The molecule has 76 heavy (non-hydrogen) atoms. The molecule has 0 aliphatic heterocycles. The summed E-state index contributed by atoms with van der Waals surface area (Å²) in [5.41, 5.74) is 0. The zero-order valence-electron chi connectivity index (χ0n) is 50.8. The van der Waals surface area contributed by atoms with Gasteiger partial charge >= 0.3 is 17.9 Å². The Morgan fingerprint density at radius 3 is 0.763 bits per heavy atom. The molecular weight excluding hydrogens is 937 g/mol. The van der Waals surface area contributed by atoms with E-state index in [1.807, 2.05) is 0 Å². The summed E-state index contributed by atoms with van der Waals surface area (Å²) in [7, 11) is 0. The van der Waals surface area contributed by atoms with E-state index >= 15 is 0 Å². The quantitative estimate of drug-likeness (QED) is 0.0261. The lowest BCUT2D eigenvalue weighted by Crippen LogP contribution is -2.30. The molecule has 6 nitrogen and oxygen atoms in total. The Morgan fingerprint density at radius 1 is 0.263 bits per heavy atom. The zero-order chi connectivity index (χ0) is 55.0. The Kier molecular flexibility index (Phi) is 62.2. The molecule has 0 radical (unpaired) electrons. The molecule has 0 aromatic rings. The van der Waals surface area contributed by atoms with Crippen molar-refractivity contribution in [1.29, 1.82) is 0 Å². The Bertz CT molecular complexity index is 1360. The van der Waals surface area contributed by atoms with Crippen LogP contribution >= 0.6 is 0 Å². The minimum Gasteiger partial charge on any atom is -0.462 e. The van der Waals surface area contributed by atoms with Crippen LogP contribution in [0.2, 0.25) is 0 Å². The van der Waals surface area contributed by atoms with Gasteiger partial charge in [0.1, 0.15) is 13.2 Å². The number of allylic oxidation sites excluding steroid dienone is 10. The van der Waals surface area contributed by atoms with Crippen LogP contribution in [0.4, 0.5) is 0 Å². The molecule has 0 fully saturated rings. The van der Waals surface area contributed by atoms with E-state index in [0.29, 0.717) is 19.3 Å². The van der Waals surface area contributed by atoms with E-state index in [9.17, 15) is 14.4 Å². The summed E-state index contributed by atoms with van der Waals surface area (Å²) in [4.78, 5) is 38.3. The van der Waals surface area contributed by atoms with Gasteiger partial charge in [0.15, 0.2) is 6.10 Å². The fourth-order valence-corrected chi connectivity index (χ4v) is 9.72. The first-order valence-electron chi connectivity index (χ1n) is 33.3. The van der Waals surface area contributed by atoms with E-state index in [1.54, 1.807) is 0 Å². The predicted molar refractivity (Wildman–Crippen MR) is 330 cm³/mol. The first kappa shape index (κ1) is 73.1. The van der Waals surface area contributed by atoms with Gasteiger partial charge in [-0.2, -0.15) is 0 Å². The number of esters is 3. The fourth-order valence-electron chi connectivity index (χ4n) is 9.72. The lowest BCUT2D eigenvalue weighted by molar-refractivity contribution is -0.167. The van der Waals surface area contributed by atoms with Crippen LogP contribution in [0.3, 0.4) is 0 Å². The summed E-state index contributed by atoms with van der Waals surface area (Å²) in [6.07, 6.45) is 82.3. The van der Waals surface area contributed by atoms with Crippen molar-refractivity contribution in [2.75, 3.05) is 13.2 Å². The number of unbranched alkanes of at least 4 members (excludes halogenated alkanes) is 40. The molecule has 0 saturated carbocycles. The molecule has 0 aliphatic carbocycles. The van der Waals surface area contributed by atoms with E-state index in [4.69, 9.17) is 14.2 Å². The number of hydrogen-bond acceptors (Lipinski definition) is 6. The van der Waals surface area contributed by atoms with Gasteiger partial charge < -0.3 is 14.2 Å². The molecule has 6 heteroatoms. The van der Waals surface area contributed by atoms with Crippen LogP contribution in [0.15, 0.2) is 60.8 Å². The van der Waals surface area contributed by atoms with Crippen molar-refractivity contribution in [3.63, 3.8) is 0 Å². The molecule has 0 aromatic heterocycles. The van der Waals surface area contributed by atoms with Crippen LogP contribution in [0.5, 0.6) is 0 Å². The first-order valence-corrected chi connectivity index (χ1v) is 33.3. The Balaban J connectivity index is 4.22. The Morgan fingerprint density at radius 2 is 0.474 bits per heavy atom. The summed E-state index contributed by atoms with van der Waals surface area (Å²) in [5, 5.41) is 0. The van der Waals surface area contributed by atoms with Gasteiger partial charge in [0.05, 0.1) is 0 Å². The molecule has 1 atom stereocenters. The van der Waals surface area contributed by atoms with E-state index in [0.717, 1.165) is 96.3 Å². The van der Waals surface area contributed by atoms with Crippen molar-refractivity contribution in [3.05, 3.63) is 60.8 Å². The summed E-state index contributed by atoms with van der Waals surface area (Å²) in [5.74, 6) is -0.871. The fraction of sp³-hybridized carbons (Fsp3) is 0.814. The highest BCUT2D eigenvalue weighted by molar-refractivity contribution is 5.71. The molecule has 0 saturated heterocycles. The summed E-state index contributed by atoms with van der Waals surface area (Å²) in [6, 6.07) is 0. The molecule has 0 N–H and O–H groups in total. The maximum absolute atomic E-state index is 12.9. The molecule has 442 valence electrons. The molecule has 0 aromatic carbocycles. The normalized spacial score (nSPS) is 12.4. The number of carbonyl (C=O) groups is 3. The third-order valence-corrected chi connectivity index (χ3v) is 14.7. The molecular formula is C70H126O6. The van der Waals surface area contributed by atoms with Crippen molar-refractivity contribution in [3.8, 4) is 0 Å². The van der Waals surface area contributed by atoms with Gasteiger partial charge in [0, 0.05) is 19.3 Å². The van der Waals surface area contributed by atoms with E-state index in [2.05, 4.69) is 81.5 Å². The smallest absolute Gasteiger partial charge is 0.306 e. The first-order chi connectivity index (χ1) is 37.5. The van der Waals surface area contributed by atoms with Gasteiger partial charge in [-0.05, 0) is 89.9 Å². The van der Waals surface area contributed by atoms with Gasteiger partial charge in [0.2, 0.25) is 0 Å².